The molecule has 126 valence electrons. The average molecular weight is 407 g/mol. The van der Waals surface area contributed by atoms with Gasteiger partial charge in [-0.3, -0.25) is 4.79 Å². The Bertz CT molecular complexity index is 884. The van der Waals surface area contributed by atoms with Gasteiger partial charge >= 0.3 is 0 Å². The van der Waals surface area contributed by atoms with Gasteiger partial charge in [-0.1, -0.05) is 18.2 Å². The van der Waals surface area contributed by atoms with Crippen molar-refractivity contribution >= 4 is 43.4 Å². The Morgan fingerprint density at radius 1 is 1.33 bits per heavy atom. The molecule has 0 aliphatic carbocycles. The van der Waals surface area contributed by atoms with Gasteiger partial charge in [0, 0.05) is 19.2 Å². The van der Waals surface area contributed by atoms with Gasteiger partial charge in [-0.05, 0) is 41.1 Å². The van der Waals surface area contributed by atoms with E-state index >= 15 is 0 Å². The van der Waals surface area contributed by atoms with Gasteiger partial charge in [0.2, 0.25) is 0 Å². The quantitative estimate of drug-likeness (QED) is 0.619. The minimum atomic E-state index is 0.0342. The first kappa shape index (κ1) is 17.0. The van der Waals surface area contributed by atoms with Crippen LogP contribution in [-0.4, -0.2) is 36.1 Å². The Hall–Kier alpha value is -1.79. The van der Waals surface area contributed by atoms with Gasteiger partial charge in [-0.15, -0.1) is 11.3 Å². The predicted molar refractivity (Wildman–Crippen MR) is 102 cm³/mol. The second-order valence-electron chi connectivity index (χ2n) is 5.55. The van der Waals surface area contributed by atoms with Crippen LogP contribution in [0.25, 0.3) is 10.2 Å². The van der Waals surface area contributed by atoms with E-state index in [1.165, 1.54) is 0 Å². The number of benzene rings is 1. The number of carbonyl (C=O) groups excluding carboxylic acids is 1. The third-order valence-electron chi connectivity index (χ3n) is 4.12. The van der Waals surface area contributed by atoms with Crippen LogP contribution >= 0.6 is 27.3 Å². The highest BCUT2D eigenvalue weighted by molar-refractivity contribution is 9.11. The smallest absolute Gasteiger partial charge is 0.270 e. The van der Waals surface area contributed by atoms with E-state index in [4.69, 9.17) is 4.74 Å². The van der Waals surface area contributed by atoms with Gasteiger partial charge in [0.05, 0.1) is 27.7 Å². The largest absolute Gasteiger partial charge is 0.496 e. The van der Waals surface area contributed by atoms with E-state index in [-0.39, 0.29) is 5.91 Å². The summed E-state index contributed by atoms with van der Waals surface area (Å²) in [5.74, 6) is 0.864. The van der Waals surface area contributed by atoms with Crippen molar-refractivity contribution in [3.8, 4) is 5.75 Å². The van der Waals surface area contributed by atoms with E-state index in [2.05, 4.69) is 26.6 Å². The van der Waals surface area contributed by atoms with Crippen LogP contribution in [0.1, 0.15) is 23.0 Å². The van der Waals surface area contributed by atoms with Crippen LogP contribution in [-0.2, 0) is 6.54 Å². The lowest BCUT2D eigenvalue weighted by Crippen LogP contribution is -2.28. The highest BCUT2D eigenvalue weighted by atomic mass is 79.9. The number of fused-ring (bicyclic) bond motifs is 1. The van der Waals surface area contributed by atoms with Gasteiger partial charge in [-0.25, -0.2) is 0 Å². The molecule has 4 nitrogen and oxygen atoms in total. The van der Waals surface area contributed by atoms with Crippen molar-refractivity contribution in [3.63, 3.8) is 0 Å². The lowest BCUT2D eigenvalue weighted by Gasteiger charge is -2.17. The lowest BCUT2D eigenvalue weighted by atomic mass is 10.2. The Kier molecular flexibility index (Phi) is 4.96. The van der Waals surface area contributed by atoms with E-state index in [1.54, 1.807) is 23.3 Å². The van der Waals surface area contributed by atoms with E-state index in [0.717, 1.165) is 25.3 Å². The minimum absolute atomic E-state index is 0.0342. The first-order valence-corrected chi connectivity index (χ1v) is 9.32. The van der Waals surface area contributed by atoms with Gasteiger partial charge in [0.1, 0.15) is 11.4 Å². The number of amides is 1. The molecular formula is C18H19BrN2O2S. The van der Waals surface area contributed by atoms with Crippen molar-refractivity contribution in [1.82, 2.24) is 9.47 Å². The van der Waals surface area contributed by atoms with E-state index in [9.17, 15) is 4.79 Å². The van der Waals surface area contributed by atoms with Crippen molar-refractivity contribution in [3.05, 3.63) is 51.4 Å². The molecule has 2 aromatic heterocycles. The second-order valence-corrected chi connectivity index (χ2v) is 8.01. The topological polar surface area (TPSA) is 34.5 Å². The van der Waals surface area contributed by atoms with Crippen LogP contribution in [0.2, 0.25) is 0 Å². The number of halogens is 1. The number of thiophene rings is 1. The number of ether oxygens (including phenoxy) is 1. The highest BCUT2D eigenvalue weighted by Gasteiger charge is 2.20. The third-order valence-corrected chi connectivity index (χ3v) is 5.69. The summed E-state index contributed by atoms with van der Waals surface area (Å²) in [6.45, 7) is 3.25. The molecule has 24 heavy (non-hydrogen) atoms. The molecule has 0 saturated carbocycles. The normalized spacial score (nSPS) is 11.0. The molecule has 1 amide bonds. The highest BCUT2D eigenvalue weighted by Crippen LogP contribution is 2.34. The molecule has 6 heteroatoms. The zero-order valence-corrected chi connectivity index (χ0v) is 16.3. The third kappa shape index (κ3) is 3.08. The molecule has 0 unspecified atom stereocenters. The molecule has 2 heterocycles. The zero-order chi connectivity index (χ0) is 17.3. The molecule has 3 aromatic rings. The fraction of sp³-hybridized carbons (Fsp3) is 0.278. The number of methoxy groups -OCH3 is 1. The molecule has 0 bridgehead atoms. The van der Waals surface area contributed by atoms with E-state index in [0.29, 0.717) is 18.8 Å². The van der Waals surface area contributed by atoms with Gasteiger partial charge in [-0.2, -0.15) is 0 Å². The van der Waals surface area contributed by atoms with E-state index in [1.807, 2.05) is 44.3 Å². The first-order chi connectivity index (χ1) is 11.5. The Labute approximate surface area is 153 Å². The molecule has 0 spiro atoms. The molecule has 1 aromatic carbocycles. The van der Waals surface area contributed by atoms with Crippen LogP contribution in [0.5, 0.6) is 5.75 Å². The maximum atomic E-state index is 12.8. The van der Waals surface area contributed by atoms with Gasteiger partial charge in [0.15, 0.2) is 0 Å². The number of nitrogens with zero attached hydrogens (tertiary/aromatic N) is 2. The summed E-state index contributed by atoms with van der Waals surface area (Å²) in [6.07, 6.45) is 0. The van der Waals surface area contributed by atoms with Crippen LogP contribution in [0.4, 0.5) is 0 Å². The van der Waals surface area contributed by atoms with E-state index < -0.39 is 0 Å². The molecular weight excluding hydrogens is 388 g/mol. The van der Waals surface area contributed by atoms with Crippen molar-refractivity contribution < 1.29 is 9.53 Å². The second kappa shape index (κ2) is 6.99. The summed E-state index contributed by atoms with van der Waals surface area (Å²) in [6, 6.07) is 12.0. The maximum Gasteiger partial charge on any atom is 0.270 e. The summed E-state index contributed by atoms with van der Waals surface area (Å²) in [5.41, 5.74) is 2.82. The molecule has 0 fully saturated rings. The molecule has 0 N–H and O–H groups in total. The van der Waals surface area contributed by atoms with Crippen molar-refractivity contribution in [2.75, 3.05) is 20.7 Å². The molecule has 0 atom stereocenters. The molecule has 3 rings (SSSR count). The maximum absolute atomic E-state index is 12.8. The fourth-order valence-electron chi connectivity index (χ4n) is 2.70. The van der Waals surface area contributed by atoms with Crippen LogP contribution in [0, 0.1) is 0 Å². The molecule has 0 aliphatic heterocycles. The summed E-state index contributed by atoms with van der Waals surface area (Å²) in [7, 11) is 3.50. The number of para-hydroxylation sites is 1. The van der Waals surface area contributed by atoms with Gasteiger partial charge in [0.25, 0.3) is 5.91 Å². The number of hydrogen-bond donors (Lipinski definition) is 0. The van der Waals surface area contributed by atoms with Crippen molar-refractivity contribution in [2.45, 2.75) is 13.5 Å². The molecule has 0 aliphatic rings. The van der Waals surface area contributed by atoms with Crippen molar-refractivity contribution in [2.24, 2.45) is 0 Å². The summed E-state index contributed by atoms with van der Waals surface area (Å²) in [4.78, 5) is 14.5. The zero-order valence-electron chi connectivity index (χ0n) is 13.9. The number of aromatic nitrogens is 1. The number of carbonyl (C=O) groups is 1. The summed E-state index contributed by atoms with van der Waals surface area (Å²) >= 11 is 5.18. The lowest BCUT2D eigenvalue weighted by molar-refractivity contribution is 0.0793. The molecule has 0 saturated heterocycles. The fourth-order valence-corrected chi connectivity index (χ4v) is 4.27. The average Bonchev–Trinajstić information content (AvgIpc) is 3.11. The number of rotatable bonds is 5. The summed E-state index contributed by atoms with van der Waals surface area (Å²) in [5, 5.41) is 0. The predicted octanol–water partition coefficient (Wildman–Crippen LogP) is 4.61. The Balaban J connectivity index is 2.11. The summed E-state index contributed by atoms with van der Waals surface area (Å²) < 4.78 is 9.70. The minimum Gasteiger partial charge on any atom is -0.496 e. The van der Waals surface area contributed by atoms with Crippen LogP contribution < -0.4 is 4.74 Å². The Morgan fingerprint density at radius 2 is 2.08 bits per heavy atom. The van der Waals surface area contributed by atoms with Crippen LogP contribution in [0.15, 0.2) is 40.2 Å². The first-order valence-electron chi connectivity index (χ1n) is 7.71. The monoisotopic (exact) mass is 406 g/mol. The standard InChI is InChI=1S/C18H19BrN2O2S/c1-4-20(2)18(22)14-9-16-13(10-17(19)24-16)21(14)11-12-7-5-6-8-15(12)23-3/h5-10H,4,11H2,1-3H3. The van der Waals surface area contributed by atoms with Gasteiger partial charge < -0.3 is 14.2 Å². The molecule has 0 radical (unpaired) electrons. The Morgan fingerprint density at radius 3 is 2.79 bits per heavy atom. The van der Waals surface area contributed by atoms with Crippen LogP contribution in [0.3, 0.4) is 0 Å². The number of hydrogen-bond acceptors (Lipinski definition) is 3. The SMILES string of the molecule is CCN(C)C(=O)c1cc2sc(Br)cc2n1Cc1ccccc1OC. The van der Waals surface area contributed by atoms with Crippen molar-refractivity contribution in [1.29, 1.82) is 0 Å².